The molecular formula is C25H22F2N8O2. The van der Waals surface area contributed by atoms with Gasteiger partial charge in [0.15, 0.2) is 11.6 Å². The molecule has 0 fully saturated rings. The van der Waals surface area contributed by atoms with Crippen molar-refractivity contribution in [3.8, 4) is 5.75 Å². The van der Waals surface area contributed by atoms with Crippen molar-refractivity contribution in [3.05, 3.63) is 89.8 Å². The van der Waals surface area contributed by atoms with Gasteiger partial charge in [0.1, 0.15) is 11.6 Å². The number of rotatable bonds is 7. The fraction of sp³-hybridized carbons (Fsp3) is 0.160. The zero-order valence-corrected chi connectivity index (χ0v) is 20.1. The molecule has 0 aliphatic carbocycles. The molecule has 3 heterocycles. The summed E-state index contributed by atoms with van der Waals surface area (Å²) in [4.78, 5) is 26.0. The summed E-state index contributed by atoms with van der Waals surface area (Å²) >= 11 is 0. The molecule has 2 N–H and O–H groups in total. The molecule has 0 aliphatic heterocycles. The van der Waals surface area contributed by atoms with Gasteiger partial charge in [-0.2, -0.15) is 5.10 Å². The molecule has 10 nitrogen and oxygen atoms in total. The lowest BCUT2D eigenvalue weighted by Gasteiger charge is -2.20. The smallest absolute Gasteiger partial charge is 0.252 e. The van der Waals surface area contributed by atoms with Gasteiger partial charge in [0, 0.05) is 31.9 Å². The van der Waals surface area contributed by atoms with Crippen molar-refractivity contribution in [3.63, 3.8) is 0 Å². The van der Waals surface area contributed by atoms with E-state index in [2.05, 4.69) is 30.7 Å². The van der Waals surface area contributed by atoms with Crippen LogP contribution in [0, 0.1) is 11.6 Å². The molecule has 1 atom stereocenters. The number of anilines is 2. The van der Waals surface area contributed by atoms with Crippen LogP contribution in [0.4, 0.5) is 20.5 Å². The van der Waals surface area contributed by atoms with Crippen molar-refractivity contribution in [2.75, 3.05) is 12.4 Å². The molecular weight excluding hydrogens is 482 g/mol. The van der Waals surface area contributed by atoms with Crippen molar-refractivity contribution in [1.29, 1.82) is 0 Å². The van der Waals surface area contributed by atoms with Crippen LogP contribution in [0.15, 0.2) is 61.3 Å². The largest absolute Gasteiger partial charge is 0.494 e. The van der Waals surface area contributed by atoms with Gasteiger partial charge in [0.25, 0.3) is 5.91 Å². The topological polar surface area (TPSA) is 112 Å². The molecule has 0 aliphatic rings. The average molecular weight is 505 g/mol. The van der Waals surface area contributed by atoms with E-state index in [9.17, 15) is 13.6 Å². The van der Waals surface area contributed by atoms with Gasteiger partial charge in [-0.15, -0.1) is 0 Å². The number of nitrogens with zero attached hydrogens (tertiary/aromatic N) is 6. The lowest BCUT2D eigenvalue weighted by molar-refractivity contribution is 0.0941. The number of hydrogen-bond donors (Lipinski definition) is 2. The van der Waals surface area contributed by atoms with Gasteiger partial charge < -0.3 is 19.9 Å². The van der Waals surface area contributed by atoms with Gasteiger partial charge in [0.05, 0.1) is 48.5 Å². The standard InChI is InChI=1S/C25H22F2N8O2/c1-34-13-28-12-20(34)23(14-4-5-21(37-3)18(27)8-14)33-24(36)15-9-17(26)16-11-29-25(31-19(16)10-15)32-22-6-7-30-35(22)2/h4-13,23H,1-3H3,(H,33,36)(H,29,31,32)/t23-/m0/s1. The molecule has 0 saturated heterocycles. The van der Waals surface area contributed by atoms with Crippen molar-refractivity contribution >= 4 is 28.6 Å². The van der Waals surface area contributed by atoms with Crippen molar-refractivity contribution in [2.24, 2.45) is 14.1 Å². The summed E-state index contributed by atoms with van der Waals surface area (Å²) in [5, 5.41) is 10.1. The van der Waals surface area contributed by atoms with E-state index >= 15 is 0 Å². The number of halogens is 2. The molecule has 188 valence electrons. The molecule has 3 aromatic heterocycles. The van der Waals surface area contributed by atoms with E-state index in [4.69, 9.17) is 4.74 Å². The Kier molecular flexibility index (Phi) is 6.22. The third-order valence-electron chi connectivity index (χ3n) is 5.91. The number of nitrogens with one attached hydrogen (secondary N) is 2. The number of ether oxygens (including phenoxy) is 1. The first-order valence-corrected chi connectivity index (χ1v) is 11.2. The van der Waals surface area contributed by atoms with E-state index in [1.165, 1.54) is 31.5 Å². The second-order valence-electron chi connectivity index (χ2n) is 8.28. The Hall–Kier alpha value is -4.87. The maximum Gasteiger partial charge on any atom is 0.252 e. The van der Waals surface area contributed by atoms with Crippen LogP contribution < -0.4 is 15.4 Å². The minimum Gasteiger partial charge on any atom is -0.494 e. The van der Waals surface area contributed by atoms with E-state index < -0.39 is 23.6 Å². The van der Waals surface area contributed by atoms with Gasteiger partial charge in [0.2, 0.25) is 5.95 Å². The van der Waals surface area contributed by atoms with Crippen LogP contribution in [0.1, 0.15) is 27.7 Å². The lowest BCUT2D eigenvalue weighted by atomic mass is 10.0. The minimum atomic E-state index is -0.772. The summed E-state index contributed by atoms with van der Waals surface area (Å²) in [6, 6.07) is 7.95. The molecule has 5 rings (SSSR count). The van der Waals surface area contributed by atoms with Crippen molar-refractivity contribution in [1.82, 2.24) is 34.6 Å². The second-order valence-corrected chi connectivity index (χ2v) is 8.28. The van der Waals surface area contributed by atoms with Crippen LogP contribution in [0.25, 0.3) is 10.9 Å². The molecule has 12 heteroatoms. The molecule has 5 aromatic rings. The van der Waals surface area contributed by atoms with Crippen LogP contribution in [-0.4, -0.2) is 42.3 Å². The Balaban J connectivity index is 1.49. The van der Waals surface area contributed by atoms with Gasteiger partial charge in [-0.1, -0.05) is 6.07 Å². The zero-order chi connectivity index (χ0) is 26.1. The van der Waals surface area contributed by atoms with Crippen LogP contribution in [-0.2, 0) is 14.1 Å². The summed E-state index contributed by atoms with van der Waals surface area (Å²) in [7, 11) is 4.87. The normalized spacial score (nSPS) is 11.9. The monoisotopic (exact) mass is 504 g/mol. The van der Waals surface area contributed by atoms with Crippen molar-refractivity contribution in [2.45, 2.75) is 6.04 Å². The van der Waals surface area contributed by atoms with Crippen LogP contribution in [0.2, 0.25) is 0 Å². The third kappa shape index (κ3) is 4.68. The fourth-order valence-electron chi connectivity index (χ4n) is 3.94. The van der Waals surface area contributed by atoms with Gasteiger partial charge in [-0.25, -0.2) is 23.7 Å². The zero-order valence-electron chi connectivity index (χ0n) is 20.1. The number of imidazole rings is 1. The number of fused-ring (bicyclic) bond motifs is 1. The quantitative estimate of drug-likeness (QED) is 0.348. The highest BCUT2D eigenvalue weighted by molar-refractivity contribution is 5.98. The maximum atomic E-state index is 14.9. The highest BCUT2D eigenvalue weighted by atomic mass is 19.1. The highest BCUT2D eigenvalue weighted by Crippen LogP contribution is 2.27. The Morgan fingerprint density at radius 2 is 1.92 bits per heavy atom. The van der Waals surface area contributed by atoms with Gasteiger partial charge in [-0.05, 0) is 29.8 Å². The first-order chi connectivity index (χ1) is 17.8. The van der Waals surface area contributed by atoms with Crippen LogP contribution in [0.5, 0.6) is 5.75 Å². The van der Waals surface area contributed by atoms with E-state index in [0.29, 0.717) is 17.1 Å². The molecule has 0 spiro atoms. The minimum absolute atomic E-state index is 0.0383. The highest BCUT2D eigenvalue weighted by Gasteiger charge is 2.23. The first-order valence-electron chi connectivity index (χ1n) is 11.2. The number of benzene rings is 2. The number of methoxy groups -OCH3 is 1. The van der Waals surface area contributed by atoms with Gasteiger partial charge >= 0.3 is 0 Å². The summed E-state index contributed by atoms with van der Waals surface area (Å²) in [6.07, 6.45) is 6.09. The van der Waals surface area contributed by atoms with Gasteiger partial charge in [-0.3, -0.25) is 9.48 Å². The maximum absolute atomic E-state index is 14.9. The summed E-state index contributed by atoms with van der Waals surface area (Å²) in [5.41, 5.74) is 1.33. The number of carbonyl (C=O) groups is 1. The molecule has 0 bridgehead atoms. The van der Waals surface area contributed by atoms with E-state index in [0.717, 1.165) is 6.07 Å². The van der Waals surface area contributed by atoms with E-state index in [1.54, 1.807) is 54.2 Å². The SMILES string of the molecule is COc1ccc([C@H](NC(=O)c2cc(F)c3cnc(Nc4ccnn4C)nc3c2)c2cncn2C)cc1F. The Labute approximate surface area is 210 Å². The lowest BCUT2D eigenvalue weighted by Crippen LogP contribution is -2.30. The predicted molar refractivity (Wildman–Crippen MR) is 131 cm³/mol. The molecule has 0 saturated carbocycles. The second kappa shape index (κ2) is 9.64. The summed E-state index contributed by atoms with van der Waals surface area (Å²) < 4.78 is 37.8. The van der Waals surface area contributed by atoms with E-state index in [1.807, 2.05) is 0 Å². The molecule has 0 radical (unpaired) electrons. The average Bonchev–Trinajstić information content (AvgIpc) is 3.49. The number of carbonyl (C=O) groups excluding carboxylic acids is 1. The first kappa shape index (κ1) is 23.9. The molecule has 0 unspecified atom stereocenters. The fourth-order valence-corrected chi connectivity index (χ4v) is 3.94. The Morgan fingerprint density at radius 1 is 1.08 bits per heavy atom. The number of amides is 1. The molecule has 37 heavy (non-hydrogen) atoms. The number of aromatic nitrogens is 6. The molecule has 2 aromatic carbocycles. The van der Waals surface area contributed by atoms with E-state index in [-0.39, 0.29) is 28.2 Å². The number of hydrogen-bond acceptors (Lipinski definition) is 7. The Bertz CT molecular complexity index is 1610. The third-order valence-corrected chi connectivity index (χ3v) is 5.91. The Morgan fingerprint density at radius 3 is 2.59 bits per heavy atom. The van der Waals surface area contributed by atoms with Crippen LogP contribution in [0.3, 0.4) is 0 Å². The van der Waals surface area contributed by atoms with Crippen LogP contribution >= 0.6 is 0 Å². The predicted octanol–water partition coefficient (Wildman–Crippen LogP) is 3.65. The molecule has 1 amide bonds. The summed E-state index contributed by atoms with van der Waals surface area (Å²) in [6.45, 7) is 0. The van der Waals surface area contributed by atoms with Crippen molar-refractivity contribution < 1.29 is 18.3 Å². The summed E-state index contributed by atoms with van der Waals surface area (Å²) in [5.74, 6) is -0.881. The number of aryl methyl sites for hydroxylation is 2.